The minimum Gasteiger partial charge on any atom is -0.354 e. The van der Waals surface area contributed by atoms with E-state index in [4.69, 9.17) is 5.10 Å². The number of aromatic amines is 1. The molecule has 4 heterocycles. The van der Waals surface area contributed by atoms with Gasteiger partial charge in [-0.05, 0) is 33.9 Å². The summed E-state index contributed by atoms with van der Waals surface area (Å²) < 4.78 is 3.42. The van der Waals surface area contributed by atoms with Crippen LogP contribution in [0.5, 0.6) is 0 Å². The molecule has 0 spiro atoms. The number of aromatic nitrogens is 7. The zero-order valence-corrected chi connectivity index (χ0v) is 16.7. The lowest BCUT2D eigenvalue weighted by atomic mass is 9.97. The number of hydrogen-bond donors (Lipinski definition) is 1. The fraction of sp³-hybridized carbons (Fsp3) is 0.611. The lowest BCUT2D eigenvalue weighted by Gasteiger charge is -2.33. The highest BCUT2D eigenvalue weighted by Gasteiger charge is 2.28. The van der Waals surface area contributed by atoms with Crippen molar-refractivity contribution in [1.29, 1.82) is 0 Å². The largest absolute Gasteiger partial charge is 0.354 e. The third kappa shape index (κ3) is 3.39. The first-order valence-electron chi connectivity index (χ1n) is 9.79. The van der Waals surface area contributed by atoms with Gasteiger partial charge in [0.1, 0.15) is 17.7 Å². The van der Waals surface area contributed by atoms with Crippen molar-refractivity contribution in [1.82, 2.24) is 39.2 Å². The Morgan fingerprint density at radius 3 is 2.93 bits per heavy atom. The zero-order valence-electron chi connectivity index (χ0n) is 16.7. The van der Waals surface area contributed by atoms with E-state index in [1.165, 1.54) is 0 Å². The Bertz CT molecular complexity index is 1000. The van der Waals surface area contributed by atoms with Crippen molar-refractivity contribution >= 4 is 17.0 Å². The second kappa shape index (κ2) is 7.70. The van der Waals surface area contributed by atoms with E-state index in [1.807, 2.05) is 25.6 Å². The van der Waals surface area contributed by atoms with Crippen LogP contribution >= 0.6 is 0 Å². The van der Waals surface area contributed by atoms with Crippen LogP contribution in [0.25, 0.3) is 11.2 Å². The number of rotatable bonds is 6. The van der Waals surface area contributed by atoms with Gasteiger partial charge in [0.05, 0.1) is 12.9 Å². The van der Waals surface area contributed by atoms with E-state index in [1.54, 1.807) is 17.3 Å². The first-order chi connectivity index (χ1) is 13.6. The highest BCUT2D eigenvalue weighted by atomic mass is 16.2. The molecule has 1 aliphatic rings. The number of H-pyrrole nitrogens is 1. The van der Waals surface area contributed by atoms with Gasteiger partial charge in [-0.1, -0.05) is 0 Å². The van der Waals surface area contributed by atoms with Gasteiger partial charge in [0.25, 0.3) is 0 Å². The molecule has 28 heavy (non-hydrogen) atoms. The summed E-state index contributed by atoms with van der Waals surface area (Å²) in [4.78, 5) is 33.1. The predicted octanol–water partition coefficient (Wildman–Crippen LogP) is 0.677. The molecule has 150 valence electrons. The number of nitrogens with one attached hydrogen (secondary N) is 1. The van der Waals surface area contributed by atoms with Gasteiger partial charge in [-0.2, -0.15) is 5.10 Å². The molecular formula is C18H27N9O. The second-order valence-corrected chi connectivity index (χ2v) is 7.50. The van der Waals surface area contributed by atoms with E-state index < -0.39 is 0 Å². The second-order valence-electron chi connectivity index (χ2n) is 7.50. The molecule has 3 aromatic heterocycles. The van der Waals surface area contributed by atoms with Crippen molar-refractivity contribution < 1.29 is 0 Å². The summed E-state index contributed by atoms with van der Waals surface area (Å²) in [5.41, 5.74) is 1.51. The van der Waals surface area contributed by atoms with Crippen LogP contribution in [0.1, 0.15) is 31.5 Å². The van der Waals surface area contributed by atoms with Crippen LogP contribution in [0.3, 0.4) is 0 Å². The number of nitrogens with zero attached hydrogens (tertiary/aromatic N) is 8. The van der Waals surface area contributed by atoms with Crippen LogP contribution in [0.4, 0.5) is 5.82 Å². The van der Waals surface area contributed by atoms with Crippen LogP contribution in [0, 0.1) is 0 Å². The Hall–Kier alpha value is -2.75. The summed E-state index contributed by atoms with van der Waals surface area (Å²) in [7, 11) is 4.00. The lowest BCUT2D eigenvalue weighted by molar-refractivity contribution is 0.367. The van der Waals surface area contributed by atoms with E-state index in [0.717, 1.165) is 49.6 Å². The van der Waals surface area contributed by atoms with Crippen molar-refractivity contribution in [2.75, 3.05) is 38.6 Å². The molecule has 0 radical (unpaired) electrons. The summed E-state index contributed by atoms with van der Waals surface area (Å²) in [6, 6.07) is 0. The average Bonchev–Trinajstić information content (AvgIpc) is 3.30. The lowest BCUT2D eigenvalue weighted by Crippen LogP contribution is -2.36. The minimum absolute atomic E-state index is 0.0190. The first-order valence-corrected chi connectivity index (χ1v) is 9.79. The standard InChI is InChI=1S/C18H27N9O/c1-4-26-16(23-27(18(26)28)9-8-24(2)3)13-6-5-7-25(10-13)17-14-15(20-11-19-14)21-12-22-17/h11-13H,4-10H2,1-3H3,(H,19,20,21,22)/t13-/m1/s1. The number of imidazole rings is 1. The summed E-state index contributed by atoms with van der Waals surface area (Å²) in [6.07, 6.45) is 5.23. The summed E-state index contributed by atoms with van der Waals surface area (Å²) in [6.45, 7) is 5.71. The van der Waals surface area contributed by atoms with E-state index in [2.05, 4.69) is 29.7 Å². The van der Waals surface area contributed by atoms with Crippen LogP contribution < -0.4 is 10.6 Å². The number of likely N-dealkylation sites (N-methyl/N-ethyl adjacent to an activating group) is 1. The molecule has 0 bridgehead atoms. The molecule has 1 N–H and O–H groups in total. The zero-order chi connectivity index (χ0) is 19.7. The molecule has 0 saturated carbocycles. The van der Waals surface area contributed by atoms with Gasteiger partial charge in [-0.25, -0.2) is 24.4 Å². The molecule has 0 amide bonds. The van der Waals surface area contributed by atoms with Gasteiger partial charge >= 0.3 is 5.69 Å². The quantitative estimate of drug-likeness (QED) is 0.666. The third-order valence-electron chi connectivity index (χ3n) is 5.32. The number of fused-ring (bicyclic) bond motifs is 1. The molecule has 10 heteroatoms. The van der Waals surface area contributed by atoms with E-state index in [9.17, 15) is 4.79 Å². The van der Waals surface area contributed by atoms with Crippen molar-refractivity contribution in [3.63, 3.8) is 0 Å². The van der Waals surface area contributed by atoms with Crippen LogP contribution in [-0.2, 0) is 13.1 Å². The van der Waals surface area contributed by atoms with E-state index in [-0.39, 0.29) is 11.6 Å². The molecule has 4 rings (SSSR count). The minimum atomic E-state index is -0.0190. The highest BCUT2D eigenvalue weighted by Crippen LogP contribution is 2.30. The maximum atomic E-state index is 12.8. The Labute approximate surface area is 163 Å². The number of piperidine rings is 1. The van der Waals surface area contributed by atoms with Gasteiger partial charge in [-0.3, -0.25) is 4.57 Å². The van der Waals surface area contributed by atoms with Crippen LogP contribution in [0.2, 0.25) is 0 Å². The molecule has 1 aliphatic heterocycles. The summed E-state index contributed by atoms with van der Waals surface area (Å²) in [5.74, 6) is 1.94. The number of hydrogen-bond acceptors (Lipinski definition) is 7. The monoisotopic (exact) mass is 385 g/mol. The third-order valence-corrected chi connectivity index (χ3v) is 5.32. The normalized spacial score (nSPS) is 17.7. The van der Waals surface area contributed by atoms with Gasteiger partial charge in [0, 0.05) is 32.1 Å². The Kier molecular flexibility index (Phi) is 5.12. The molecule has 10 nitrogen and oxygen atoms in total. The molecule has 0 aliphatic carbocycles. The Morgan fingerprint density at radius 2 is 2.14 bits per heavy atom. The summed E-state index contributed by atoms with van der Waals surface area (Å²) in [5, 5.41) is 4.72. The molecule has 0 aromatic carbocycles. The fourth-order valence-electron chi connectivity index (χ4n) is 3.87. The molecule has 1 saturated heterocycles. The van der Waals surface area contributed by atoms with E-state index >= 15 is 0 Å². The SMILES string of the molecule is CCn1c([C@@H]2CCCN(c3ncnc4nc[nH]c34)C2)nn(CCN(C)C)c1=O. The van der Waals surface area contributed by atoms with Gasteiger partial charge < -0.3 is 14.8 Å². The predicted molar refractivity (Wildman–Crippen MR) is 107 cm³/mol. The van der Waals surface area contributed by atoms with Gasteiger partial charge in [-0.15, -0.1) is 0 Å². The highest BCUT2D eigenvalue weighted by molar-refractivity contribution is 5.82. The van der Waals surface area contributed by atoms with Crippen molar-refractivity contribution in [3.8, 4) is 0 Å². The topological polar surface area (TPSA) is 101 Å². The van der Waals surface area contributed by atoms with Crippen molar-refractivity contribution in [3.05, 3.63) is 29.0 Å². The Balaban J connectivity index is 1.62. The maximum Gasteiger partial charge on any atom is 0.345 e. The van der Waals surface area contributed by atoms with Gasteiger partial charge in [0.2, 0.25) is 0 Å². The van der Waals surface area contributed by atoms with Gasteiger partial charge in [0.15, 0.2) is 11.5 Å². The van der Waals surface area contributed by atoms with Crippen LogP contribution in [-0.4, -0.2) is 72.9 Å². The molecule has 1 fully saturated rings. The molecule has 0 unspecified atom stereocenters. The van der Waals surface area contributed by atoms with E-state index in [0.29, 0.717) is 18.7 Å². The molecule has 3 aromatic rings. The number of anilines is 1. The molecular weight excluding hydrogens is 358 g/mol. The maximum absolute atomic E-state index is 12.8. The summed E-state index contributed by atoms with van der Waals surface area (Å²) >= 11 is 0. The first kappa shape index (κ1) is 18.6. The molecule has 1 atom stereocenters. The average molecular weight is 385 g/mol. The van der Waals surface area contributed by atoms with Crippen molar-refractivity contribution in [2.24, 2.45) is 0 Å². The fourth-order valence-corrected chi connectivity index (χ4v) is 3.87. The van der Waals surface area contributed by atoms with Crippen LogP contribution in [0.15, 0.2) is 17.4 Å². The Morgan fingerprint density at radius 1 is 1.29 bits per heavy atom. The van der Waals surface area contributed by atoms with Crippen molar-refractivity contribution in [2.45, 2.75) is 38.8 Å². The smallest absolute Gasteiger partial charge is 0.345 e.